The van der Waals surface area contributed by atoms with Crippen molar-refractivity contribution >= 4 is 0 Å². The summed E-state index contributed by atoms with van der Waals surface area (Å²) in [5, 5.41) is 3.60. The first kappa shape index (κ1) is 14.0. The van der Waals surface area contributed by atoms with Crippen LogP contribution < -0.4 is 5.32 Å². The molecule has 0 aromatic rings. The van der Waals surface area contributed by atoms with E-state index in [4.69, 9.17) is 0 Å². The van der Waals surface area contributed by atoms with Crippen molar-refractivity contribution in [3.05, 3.63) is 0 Å². The molecule has 1 heterocycles. The molecule has 0 radical (unpaired) electrons. The Morgan fingerprint density at radius 1 is 1.12 bits per heavy atom. The number of nitrogens with zero attached hydrogens (tertiary/aromatic N) is 1. The van der Waals surface area contributed by atoms with Gasteiger partial charge in [-0.3, -0.25) is 4.90 Å². The van der Waals surface area contributed by atoms with E-state index >= 15 is 0 Å². The van der Waals surface area contributed by atoms with E-state index in [2.05, 4.69) is 37.9 Å². The van der Waals surface area contributed by atoms with Crippen molar-refractivity contribution in [3.63, 3.8) is 0 Å². The van der Waals surface area contributed by atoms with Crippen LogP contribution in [0.5, 0.6) is 0 Å². The molecule has 0 amide bonds. The lowest BCUT2D eigenvalue weighted by atomic mass is 9.92. The Bertz CT molecular complexity index is 178. The molecule has 1 aliphatic heterocycles. The molecule has 1 N–H and O–H groups in total. The Labute approximate surface area is 102 Å². The van der Waals surface area contributed by atoms with Crippen LogP contribution in [0, 0.1) is 5.41 Å². The fraction of sp³-hybridized carbons (Fsp3) is 1.00. The minimum atomic E-state index is 0.460. The molecule has 2 heteroatoms. The van der Waals surface area contributed by atoms with E-state index in [0.717, 1.165) is 13.1 Å². The molecule has 1 aliphatic rings. The first-order valence-electron chi connectivity index (χ1n) is 6.94. The summed E-state index contributed by atoms with van der Waals surface area (Å²) in [6, 6.07) is 0.709. The minimum absolute atomic E-state index is 0.460. The van der Waals surface area contributed by atoms with Gasteiger partial charge in [-0.05, 0) is 51.2 Å². The van der Waals surface area contributed by atoms with Gasteiger partial charge in [0.1, 0.15) is 0 Å². The van der Waals surface area contributed by atoms with Gasteiger partial charge in [-0.2, -0.15) is 0 Å². The molecule has 0 saturated carbocycles. The van der Waals surface area contributed by atoms with Crippen LogP contribution in [0.2, 0.25) is 0 Å². The maximum Gasteiger partial charge on any atom is 0.0192 e. The van der Waals surface area contributed by atoms with Gasteiger partial charge in [0.25, 0.3) is 0 Å². The van der Waals surface area contributed by atoms with Crippen molar-refractivity contribution < 1.29 is 0 Å². The van der Waals surface area contributed by atoms with Crippen LogP contribution in [-0.4, -0.2) is 37.1 Å². The van der Waals surface area contributed by atoms with Gasteiger partial charge in [-0.25, -0.2) is 0 Å². The summed E-state index contributed by atoms with van der Waals surface area (Å²) in [7, 11) is 0. The molecular weight excluding hydrogens is 196 g/mol. The van der Waals surface area contributed by atoms with E-state index in [-0.39, 0.29) is 0 Å². The summed E-state index contributed by atoms with van der Waals surface area (Å²) < 4.78 is 0. The molecular formula is C14H30N2. The van der Waals surface area contributed by atoms with E-state index in [1.807, 2.05) is 0 Å². The van der Waals surface area contributed by atoms with Crippen molar-refractivity contribution in [2.75, 3.05) is 26.2 Å². The summed E-state index contributed by atoms with van der Waals surface area (Å²) in [4.78, 5) is 2.63. The van der Waals surface area contributed by atoms with Crippen LogP contribution in [0.25, 0.3) is 0 Å². The first-order chi connectivity index (χ1) is 7.49. The lowest BCUT2D eigenvalue weighted by molar-refractivity contribution is 0.170. The quantitative estimate of drug-likeness (QED) is 0.725. The zero-order valence-electron chi connectivity index (χ0n) is 11.7. The monoisotopic (exact) mass is 226 g/mol. The number of hydrogen-bond acceptors (Lipinski definition) is 2. The van der Waals surface area contributed by atoms with Crippen molar-refractivity contribution in [3.8, 4) is 0 Å². The predicted molar refractivity (Wildman–Crippen MR) is 71.8 cm³/mol. The highest BCUT2D eigenvalue weighted by molar-refractivity contribution is 4.73. The molecule has 1 rings (SSSR count). The Hall–Kier alpha value is -0.0800. The molecule has 1 atom stereocenters. The standard InChI is InChI=1S/C14H30N2/c1-13(16-10-6-5-7-11-16)12-15-9-8-14(2,3)4/h13,15H,5-12H2,1-4H3. The number of nitrogens with one attached hydrogen (secondary N) is 1. The van der Waals surface area contributed by atoms with E-state index in [1.54, 1.807) is 0 Å². The SMILES string of the molecule is CC(CNCCC(C)(C)C)N1CCCCC1. The highest BCUT2D eigenvalue weighted by Gasteiger charge is 2.16. The van der Waals surface area contributed by atoms with Gasteiger partial charge >= 0.3 is 0 Å². The summed E-state index contributed by atoms with van der Waals surface area (Å²) in [5.74, 6) is 0. The molecule has 1 unspecified atom stereocenters. The lowest BCUT2D eigenvalue weighted by Gasteiger charge is -2.32. The number of rotatable bonds is 5. The van der Waals surface area contributed by atoms with E-state index in [0.29, 0.717) is 11.5 Å². The Morgan fingerprint density at radius 3 is 2.31 bits per heavy atom. The van der Waals surface area contributed by atoms with Crippen LogP contribution in [0.15, 0.2) is 0 Å². The van der Waals surface area contributed by atoms with Gasteiger partial charge in [0.05, 0.1) is 0 Å². The predicted octanol–water partition coefficient (Wildman–Crippen LogP) is 2.89. The fourth-order valence-electron chi connectivity index (χ4n) is 2.26. The highest BCUT2D eigenvalue weighted by Crippen LogP contribution is 2.17. The molecule has 0 aliphatic carbocycles. The van der Waals surface area contributed by atoms with Gasteiger partial charge < -0.3 is 5.32 Å². The van der Waals surface area contributed by atoms with Gasteiger partial charge in [-0.15, -0.1) is 0 Å². The smallest absolute Gasteiger partial charge is 0.0192 e. The molecule has 0 bridgehead atoms. The van der Waals surface area contributed by atoms with Crippen molar-refractivity contribution in [1.29, 1.82) is 0 Å². The third kappa shape index (κ3) is 5.86. The maximum atomic E-state index is 3.60. The number of likely N-dealkylation sites (tertiary alicyclic amines) is 1. The Kier molecular flexibility index (Phi) is 5.77. The van der Waals surface area contributed by atoms with Crippen LogP contribution in [0.1, 0.15) is 53.4 Å². The molecule has 0 aromatic heterocycles. The Balaban J connectivity index is 2.07. The van der Waals surface area contributed by atoms with Crippen LogP contribution in [0.3, 0.4) is 0 Å². The van der Waals surface area contributed by atoms with Crippen LogP contribution in [-0.2, 0) is 0 Å². The average Bonchev–Trinajstić information content (AvgIpc) is 2.24. The summed E-state index contributed by atoms with van der Waals surface area (Å²) in [6.07, 6.45) is 5.49. The zero-order valence-corrected chi connectivity index (χ0v) is 11.7. The van der Waals surface area contributed by atoms with Gasteiger partial charge in [-0.1, -0.05) is 27.2 Å². The molecule has 16 heavy (non-hydrogen) atoms. The highest BCUT2D eigenvalue weighted by atomic mass is 15.2. The molecule has 96 valence electrons. The van der Waals surface area contributed by atoms with E-state index in [9.17, 15) is 0 Å². The fourth-order valence-corrected chi connectivity index (χ4v) is 2.26. The van der Waals surface area contributed by atoms with Gasteiger partial charge in [0.2, 0.25) is 0 Å². The van der Waals surface area contributed by atoms with Gasteiger partial charge in [0.15, 0.2) is 0 Å². The second kappa shape index (κ2) is 6.61. The second-order valence-electron chi connectivity index (χ2n) is 6.46. The summed E-state index contributed by atoms with van der Waals surface area (Å²) in [5.41, 5.74) is 0.460. The Morgan fingerprint density at radius 2 is 1.75 bits per heavy atom. The largest absolute Gasteiger partial charge is 0.315 e. The summed E-state index contributed by atoms with van der Waals surface area (Å²) in [6.45, 7) is 14.2. The third-order valence-electron chi connectivity index (χ3n) is 3.51. The second-order valence-corrected chi connectivity index (χ2v) is 6.46. The lowest BCUT2D eigenvalue weighted by Crippen LogP contribution is -2.43. The molecule has 0 aromatic carbocycles. The normalized spacial score (nSPS) is 21.0. The molecule has 2 nitrogen and oxygen atoms in total. The zero-order chi connectivity index (χ0) is 12.0. The van der Waals surface area contributed by atoms with E-state index in [1.165, 1.54) is 38.8 Å². The third-order valence-corrected chi connectivity index (χ3v) is 3.51. The molecule has 1 saturated heterocycles. The van der Waals surface area contributed by atoms with Crippen molar-refractivity contribution in [2.24, 2.45) is 5.41 Å². The maximum absolute atomic E-state index is 3.60. The average molecular weight is 226 g/mol. The number of piperidine rings is 1. The van der Waals surface area contributed by atoms with Crippen LogP contribution in [0.4, 0.5) is 0 Å². The molecule has 1 fully saturated rings. The minimum Gasteiger partial charge on any atom is -0.315 e. The topological polar surface area (TPSA) is 15.3 Å². The molecule has 0 spiro atoms. The van der Waals surface area contributed by atoms with Crippen LogP contribution >= 0.6 is 0 Å². The summed E-state index contributed by atoms with van der Waals surface area (Å²) >= 11 is 0. The van der Waals surface area contributed by atoms with Crippen molar-refractivity contribution in [2.45, 2.75) is 59.4 Å². The van der Waals surface area contributed by atoms with E-state index < -0.39 is 0 Å². The number of hydrogen-bond donors (Lipinski definition) is 1. The first-order valence-corrected chi connectivity index (χ1v) is 6.94. The van der Waals surface area contributed by atoms with Crippen molar-refractivity contribution in [1.82, 2.24) is 10.2 Å². The van der Waals surface area contributed by atoms with Gasteiger partial charge in [0, 0.05) is 12.6 Å².